The van der Waals surface area contributed by atoms with Gasteiger partial charge in [-0.1, -0.05) is 65.1 Å². The fraction of sp³-hybridized carbons (Fsp3) is 0.643. The summed E-state index contributed by atoms with van der Waals surface area (Å²) in [5.41, 5.74) is 0.312. The first kappa shape index (κ1) is 37.4. The molecule has 42 heavy (non-hydrogen) atoms. The zero-order chi connectivity index (χ0) is 31.4. The van der Waals surface area contributed by atoms with E-state index in [-0.39, 0.29) is 32.1 Å². The monoisotopic (exact) mass is 652 g/mol. The Labute approximate surface area is 263 Å². The fourth-order valence-electron chi connectivity index (χ4n) is 3.41. The van der Waals surface area contributed by atoms with Gasteiger partial charge in [-0.25, -0.2) is 14.4 Å². The fourth-order valence-corrected chi connectivity index (χ4v) is 3.57. The van der Waals surface area contributed by atoms with Gasteiger partial charge < -0.3 is 35.1 Å². The molecule has 0 fully saturated rings. The van der Waals surface area contributed by atoms with E-state index in [2.05, 4.69) is 16.0 Å². The molecule has 0 aromatic heterocycles. The number of rotatable bonds is 17. The van der Waals surface area contributed by atoms with Crippen molar-refractivity contribution in [3.8, 4) is 0 Å². The SMILES string of the molecule is CC(C)(C)OC(=O)NCCCCCNC(=O)CCN(CCCCNC(=O)OCC(Cl)(Cl)Cl)C(=O)OCc1ccccc1. The topological polar surface area (TPSA) is 135 Å². The van der Waals surface area contributed by atoms with Crippen molar-refractivity contribution in [1.82, 2.24) is 20.9 Å². The molecule has 4 amide bonds. The third-order valence-electron chi connectivity index (χ3n) is 5.41. The van der Waals surface area contributed by atoms with E-state index in [0.29, 0.717) is 39.0 Å². The molecular weight excluding hydrogens is 611 g/mol. The molecule has 0 aliphatic rings. The lowest BCUT2D eigenvalue weighted by molar-refractivity contribution is -0.121. The standard InChI is InChI=1S/C28H43Cl3N4O7/c1-27(2,3)42-25(38)34-16-9-5-8-15-32-23(36)14-19-35(26(39)40-20-22-12-6-4-7-13-22)18-11-10-17-33-24(37)41-21-28(29,30)31/h4,6-7,12-13H,5,8-11,14-21H2,1-3H3,(H,32,36)(H,33,37)(H,34,38). The summed E-state index contributed by atoms with van der Waals surface area (Å²) in [5, 5.41) is 8.11. The van der Waals surface area contributed by atoms with Crippen LogP contribution in [0.3, 0.4) is 0 Å². The number of amides is 4. The highest BCUT2D eigenvalue weighted by Gasteiger charge is 2.22. The molecule has 1 rings (SSSR count). The molecule has 0 atom stereocenters. The molecule has 0 heterocycles. The van der Waals surface area contributed by atoms with Gasteiger partial charge in [0.25, 0.3) is 0 Å². The third kappa shape index (κ3) is 21.1. The Bertz CT molecular complexity index is 957. The van der Waals surface area contributed by atoms with Gasteiger partial charge in [0.1, 0.15) is 18.8 Å². The zero-order valence-electron chi connectivity index (χ0n) is 24.5. The van der Waals surface area contributed by atoms with E-state index < -0.39 is 27.7 Å². The van der Waals surface area contributed by atoms with Gasteiger partial charge >= 0.3 is 18.3 Å². The normalized spacial score (nSPS) is 11.3. The lowest BCUT2D eigenvalue weighted by atomic mass is 10.2. The number of alkyl halides is 3. The first-order chi connectivity index (χ1) is 19.7. The van der Waals surface area contributed by atoms with Crippen LogP contribution in [-0.2, 0) is 25.6 Å². The van der Waals surface area contributed by atoms with Crippen molar-refractivity contribution in [2.45, 2.75) is 75.3 Å². The van der Waals surface area contributed by atoms with E-state index in [4.69, 9.17) is 49.0 Å². The van der Waals surface area contributed by atoms with Crippen molar-refractivity contribution in [2.24, 2.45) is 0 Å². The highest BCUT2D eigenvalue weighted by Crippen LogP contribution is 2.25. The summed E-state index contributed by atoms with van der Waals surface area (Å²) < 4.78 is 13.7. The van der Waals surface area contributed by atoms with Crippen LogP contribution >= 0.6 is 34.8 Å². The molecule has 1 aromatic rings. The third-order valence-corrected chi connectivity index (χ3v) is 5.73. The average Bonchev–Trinajstić information content (AvgIpc) is 2.90. The van der Waals surface area contributed by atoms with E-state index >= 15 is 0 Å². The highest BCUT2D eigenvalue weighted by atomic mass is 35.6. The quantitative estimate of drug-likeness (QED) is 0.111. The Morgan fingerprint density at radius 3 is 1.98 bits per heavy atom. The molecule has 238 valence electrons. The lowest BCUT2D eigenvalue weighted by Crippen LogP contribution is -2.37. The first-order valence-electron chi connectivity index (χ1n) is 13.9. The lowest BCUT2D eigenvalue weighted by Gasteiger charge is -2.22. The molecule has 0 unspecified atom stereocenters. The van der Waals surface area contributed by atoms with Crippen LogP contribution in [0.2, 0.25) is 0 Å². The van der Waals surface area contributed by atoms with Gasteiger partial charge in [-0.2, -0.15) is 0 Å². The summed E-state index contributed by atoms with van der Waals surface area (Å²) in [7, 11) is 0. The molecule has 11 nitrogen and oxygen atoms in total. The predicted octanol–water partition coefficient (Wildman–Crippen LogP) is 5.70. The molecule has 0 saturated carbocycles. The Morgan fingerprint density at radius 2 is 1.36 bits per heavy atom. The summed E-state index contributed by atoms with van der Waals surface area (Å²) in [6, 6.07) is 9.29. The number of benzene rings is 1. The number of carbonyl (C=O) groups excluding carboxylic acids is 4. The minimum Gasteiger partial charge on any atom is -0.445 e. The maximum atomic E-state index is 12.8. The first-order valence-corrected chi connectivity index (χ1v) is 15.0. The number of alkyl carbamates (subject to hydrolysis) is 2. The number of unbranched alkanes of at least 4 members (excludes halogenated alkanes) is 3. The summed E-state index contributed by atoms with van der Waals surface area (Å²) in [4.78, 5) is 49.9. The average molecular weight is 654 g/mol. The smallest absolute Gasteiger partial charge is 0.410 e. The Morgan fingerprint density at radius 1 is 0.762 bits per heavy atom. The van der Waals surface area contributed by atoms with Crippen LogP contribution in [0.1, 0.15) is 64.9 Å². The summed E-state index contributed by atoms with van der Waals surface area (Å²) in [6.45, 7) is 6.93. The largest absolute Gasteiger partial charge is 0.445 e. The van der Waals surface area contributed by atoms with Crippen molar-refractivity contribution in [1.29, 1.82) is 0 Å². The number of hydrogen-bond acceptors (Lipinski definition) is 7. The summed E-state index contributed by atoms with van der Waals surface area (Å²) >= 11 is 16.7. The molecule has 0 saturated heterocycles. The molecule has 0 spiro atoms. The molecule has 0 aliphatic heterocycles. The van der Waals surface area contributed by atoms with Crippen LogP contribution in [0.5, 0.6) is 0 Å². The van der Waals surface area contributed by atoms with E-state index in [1.54, 1.807) is 20.8 Å². The van der Waals surface area contributed by atoms with Gasteiger partial charge in [-0.3, -0.25) is 4.79 Å². The Balaban J connectivity index is 2.37. The molecule has 0 bridgehead atoms. The van der Waals surface area contributed by atoms with Gasteiger partial charge in [0.15, 0.2) is 0 Å². The minimum absolute atomic E-state index is 0.113. The van der Waals surface area contributed by atoms with E-state index in [1.165, 1.54) is 4.90 Å². The number of carbonyl (C=O) groups is 4. The second-order valence-electron chi connectivity index (χ2n) is 10.4. The van der Waals surface area contributed by atoms with Crippen LogP contribution in [0.4, 0.5) is 14.4 Å². The molecule has 1 aromatic carbocycles. The van der Waals surface area contributed by atoms with E-state index in [1.807, 2.05) is 30.3 Å². The van der Waals surface area contributed by atoms with Crippen LogP contribution in [0.25, 0.3) is 0 Å². The van der Waals surface area contributed by atoms with Crippen LogP contribution in [0.15, 0.2) is 30.3 Å². The van der Waals surface area contributed by atoms with Crippen molar-refractivity contribution in [3.05, 3.63) is 35.9 Å². The number of nitrogens with zero attached hydrogens (tertiary/aromatic N) is 1. The zero-order valence-corrected chi connectivity index (χ0v) is 26.8. The van der Waals surface area contributed by atoms with Gasteiger partial charge in [-0.05, 0) is 58.4 Å². The van der Waals surface area contributed by atoms with Crippen LogP contribution in [-0.4, -0.2) is 77.8 Å². The van der Waals surface area contributed by atoms with Gasteiger partial charge in [0, 0.05) is 39.1 Å². The highest BCUT2D eigenvalue weighted by molar-refractivity contribution is 6.67. The number of nitrogens with one attached hydrogen (secondary N) is 3. The maximum absolute atomic E-state index is 12.8. The predicted molar refractivity (Wildman–Crippen MR) is 163 cm³/mol. The molecule has 3 N–H and O–H groups in total. The van der Waals surface area contributed by atoms with Crippen molar-refractivity contribution in [2.75, 3.05) is 39.3 Å². The number of hydrogen-bond donors (Lipinski definition) is 3. The van der Waals surface area contributed by atoms with Crippen molar-refractivity contribution < 1.29 is 33.4 Å². The van der Waals surface area contributed by atoms with Crippen molar-refractivity contribution >= 4 is 59.0 Å². The summed E-state index contributed by atoms with van der Waals surface area (Å²) in [6.07, 6.45) is 1.85. The van der Waals surface area contributed by atoms with E-state index in [0.717, 1.165) is 24.8 Å². The number of ether oxygens (including phenoxy) is 3. The van der Waals surface area contributed by atoms with Gasteiger partial charge in [0.05, 0.1) is 0 Å². The molecular formula is C28H43Cl3N4O7. The summed E-state index contributed by atoms with van der Waals surface area (Å²) in [5.74, 6) is -0.180. The molecule has 0 radical (unpaired) electrons. The van der Waals surface area contributed by atoms with Crippen LogP contribution < -0.4 is 16.0 Å². The van der Waals surface area contributed by atoms with Crippen LogP contribution in [0, 0.1) is 0 Å². The van der Waals surface area contributed by atoms with Crippen molar-refractivity contribution in [3.63, 3.8) is 0 Å². The molecule has 0 aliphatic carbocycles. The second kappa shape index (κ2) is 20.3. The van der Waals surface area contributed by atoms with Gasteiger partial charge in [0.2, 0.25) is 9.70 Å². The Hall–Kier alpha value is -2.63. The second-order valence-corrected chi connectivity index (χ2v) is 13.0. The number of halogens is 3. The maximum Gasteiger partial charge on any atom is 0.410 e. The van der Waals surface area contributed by atoms with E-state index in [9.17, 15) is 19.2 Å². The van der Waals surface area contributed by atoms with Gasteiger partial charge in [-0.15, -0.1) is 0 Å². The minimum atomic E-state index is -1.69. The Kier molecular flexibility index (Phi) is 18.1. The molecule has 14 heteroatoms.